The molecule has 0 aromatic carbocycles. The predicted octanol–water partition coefficient (Wildman–Crippen LogP) is 2.60. The first kappa shape index (κ1) is 16.3. The quantitative estimate of drug-likeness (QED) is 0.863. The number of aromatic nitrogens is 2. The van der Waals surface area contributed by atoms with Gasteiger partial charge in [0.05, 0.1) is 16.8 Å². The third-order valence-electron chi connectivity index (χ3n) is 4.69. The summed E-state index contributed by atoms with van der Waals surface area (Å²) < 4.78 is 1.55. The number of hydrogen-bond acceptors (Lipinski definition) is 4. The number of amides is 2. The summed E-state index contributed by atoms with van der Waals surface area (Å²) in [6, 6.07) is 2.37. The van der Waals surface area contributed by atoms with Gasteiger partial charge in [-0.05, 0) is 49.7 Å². The van der Waals surface area contributed by atoms with E-state index in [1.165, 1.54) is 16.9 Å². The first-order valence-corrected chi connectivity index (χ1v) is 9.63. The highest BCUT2D eigenvalue weighted by atomic mass is 32.1. The molecule has 7 heteroatoms. The zero-order valence-corrected chi connectivity index (χ0v) is 15.1. The minimum atomic E-state index is -0.103. The van der Waals surface area contributed by atoms with Gasteiger partial charge in [-0.15, -0.1) is 11.3 Å². The van der Waals surface area contributed by atoms with E-state index in [-0.39, 0.29) is 18.4 Å². The van der Waals surface area contributed by atoms with Crippen LogP contribution in [-0.2, 0) is 24.2 Å². The molecule has 0 radical (unpaired) electrons. The summed E-state index contributed by atoms with van der Waals surface area (Å²) in [5, 5.41) is 9.96. The van der Waals surface area contributed by atoms with Crippen LogP contribution >= 0.6 is 11.3 Å². The Morgan fingerprint density at radius 2 is 2.20 bits per heavy atom. The summed E-state index contributed by atoms with van der Waals surface area (Å²) in [4.78, 5) is 26.4. The van der Waals surface area contributed by atoms with Crippen LogP contribution in [0.3, 0.4) is 0 Å². The molecular weight excluding hydrogens is 336 g/mol. The Kier molecular flexibility index (Phi) is 4.33. The van der Waals surface area contributed by atoms with Gasteiger partial charge < -0.3 is 10.6 Å². The summed E-state index contributed by atoms with van der Waals surface area (Å²) in [5.41, 5.74) is 1.94. The smallest absolute Gasteiger partial charge is 0.265 e. The van der Waals surface area contributed by atoms with Crippen LogP contribution in [0.1, 0.15) is 46.3 Å². The number of aryl methyl sites for hydroxylation is 1. The third kappa shape index (κ3) is 3.92. The Morgan fingerprint density at radius 1 is 1.36 bits per heavy atom. The molecule has 0 bridgehead atoms. The van der Waals surface area contributed by atoms with E-state index < -0.39 is 0 Å². The maximum absolute atomic E-state index is 12.5. The highest BCUT2D eigenvalue weighted by molar-refractivity contribution is 7.14. The van der Waals surface area contributed by atoms with E-state index in [0.29, 0.717) is 17.6 Å². The van der Waals surface area contributed by atoms with Gasteiger partial charge in [0.15, 0.2) is 0 Å². The van der Waals surface area contributed by atoms with Crippen molar-refractivity contribution in [2.45, 2.75) is 51.6 Å². The number of hydrogen-bond donors (Lipinski definition) is 2. The lowest BCUT2D eigenvalue weighted by Crippen LogP contribution is -2.29. The molecular formula is C18H22N4O2S. The van der Waals surface area contributed by atoms with E-state index in [9.17, 15) is 9.59 Å². The molecule has 2 aromatic heterocycles. The molecule has 2 aliphatic carbocycles. The molecule has 4 rings (SSSR count). The average molecular weight is 358 g/mol. The van der Waals surface area contributed by atoms with Crippen molar-refractivity contribution < 1.29 is 9.59 Å². The first-order valence-electron chi connectivity index (χ1n) is 8.81. The van der Waals surface area contributed by atoms with Crippen LogP contribution in [-0.4, -0.2) is 27.6 Å². The van der Waals surface area contributed by atoms with Crippen LogP contribution in [0.2, 0.25) is 0 Å². The Labute approximate surface area is 150 Å². The average Bonchev–Trinajstić information content (AvgIpc) is 3.10. The number of nitrogens with one attached hydrogen (secondary N) is 2. The standard InChI is InChI=1S/C18H22N4O2S/c1-11-2-5-15-12(6-11)7-16(25-15)18(24)21-14-8-19-22(9-14)10-17(23)20-13-3-4-13/h7-9,11,13H,2-6,10H2,1H3,(H,20,23)(H,21,24). The molecule has 0 aliphatic heterocycles. The minimum Gasteiger partial charge on any atom is -0.352 e. The Bertz CT molecular complexity index is 806. The van der Waals surface area contributed by atoms with Crippen molar-refractivity contribution in [1.82, 2.24) is 15.1 Å². The van der Waals surface area contributed by atoms with E-state index in [4.69, 9.17) is 0 Å². The lowest BCUT2D eigenvalue weighted by molar-refractivity contribution is -0.122. The molecule has 1 fully saturated rings. The van der Waals surface area contributed by atoms with E-state index in [2.05, 4.69) is 22.7 Å². The van der Waals surface area contributed by atoms with Crippen LogP contribution in [0.4, 0.5) is 5.69 Å². The number of rotatable bonds is 5. The molecule has 2 aliphatic rings. The van der Waals surface area contributed by atoms with Crippen molar-refractivity contribution in [3.05, 3.63) is 33.8 Å². The highest BCUT2D eigenvalue weighted by Crippen LogP contribution is 2.32. The summed E-state index contributed by atoms with van der Waals surface area (Å²) in [6.45, 7) is 2.44. The zero-order valence-electron chi connectivity index (χ0n) is 14.2. The summed E-state index contributed by atoms with van der Waals surface area (Å²) in [6.07, 6.45) is 8.74. The number of anilines is 1. The fourth-order valence-electron chi connectivity index (χ4n) is 3.17. The van der Waals surface area contributed by atoms with Crippen LogP contribution in [0.25, 0.3) is 0 Å². The molecule has 2 aromatic rings. The molecule has 1 saturated carbocycles. The van der Waals surface area contributed by atoms with Crippen molar-refractivity contribution >= 4 is 28.8 Å². The van der Waals surface area contributed by atoms with Gasteiger partial charge in [-0.25, -0.2) is 0 Å². The second-order valence-corrected chi connectivity index (χ2v) is 8.27. The zero-order chi connectivity index (χ0) is 17.4. The number of thiophene rings is 1. The fraction of sp³-hybridized carbons (Fsp3) is 0.500. The number of fused-ring (bicyclic) bond motifs is 1. The van der Waals surface area contributed by atoms with Crippen LogP contribution < -0.4 is 10.6 Å². The maximum Gasteiger partial charge on any atom is 0.265 e. The van der Waals surface area contributed by atoms with Crippen molar-refractivity contribution in [2.24, 2.45) is 5.92 Å². The van der Waals surface area contributed by atoms with E-state index in [1.807, 2.05) is 6.07 Å². The molecule has 1 unspecified atom stereocenters. The van der Waals surface area contributed by atoms with Gasteiger partial charge in [-0.2, -0.15) is 5.10 Å². The van der Waals surface area contributed by atoms with Gasteiger partial charge in [0.25, 0.3) is 5.91 Å². The third-order valence-corrected chi connectivity index (χ3v) is 5.93. The van der Waals surface area contributed by atoms with Crippen LogP contribution in [0, 0.1) is 5.92 Å². The van der Waals surface area contributed by atoms with Gasteiger partial charge in [0.1, 0.15) is 6.54 Å². The highest BCUT2D eigenvalue weighted by Gasteiger charge is 2.23. The molecule has 2 amide bonds. The monoisotopic (exact) mass is 358 g/mol. The van der Waals surface area contributed by atoms with Gasteiger partial charge in [0, 0.05) is 17.1 Å². The SMILES string of the molecule is CC1CCc2sc(C(=O)Nc3cnn(CC(=O)NC4CC4)c3)cc2C1. The molecule has 1 atom stereocenters. The van der Waals surface area contributed by atoms with Crippen molar-refractivity contribution in [3.63, 3.8) is 0 Å². The lowest BCUT2D eigenvalue weighted by atomic mass is 9.90. The van der Waals surface area contributed by atoms with Gasteiger partial charge in [-0.1, -0.05) is 6.92 Å². The maximum atomic E-state index is 12.5. The molecule has 0 spiro atoms. The van der Waals surface area contributed by atoms with Crippen molar-refractivity contribution in [3.8, 4) is 0 Å². The second-order valence-electron chi connectivity index (χ2n) is 7.13. The normalized spacial score (nSPS) is 19.3. The molecule has 6 nitrogen and oxygen atoms in total. The molecule has 2 heterocycles. The van der Waals surface area contributed by atoms with Gasteiger partial charge in [0.2, 0.25) is 5.91 Å². The number of nitrogens with zero attached hydrogens (tertiary/aromatic N) is 2. The lowest BCUT2D eigenvalue weighted by Gasteiger charge is -2.16. The topological polar surface area (TPSA) is 76.0 Å². The fourth-order valence-corrected chi connectivity index (χ4v) is 4.28. The van der Waals surface area contributed by atoms with Crippen molar-refractivity contribution in [1.29, 1.82) is 0 Å². The van der Waals surface area contributed by atoms with E-state index in [0.717, 1.165) is 30.6 Å². The summed E-state index contributed by atoms with van der Waals surface area (Å²) in [5.74, 6) is 0.551. The first-order chi connectivity index (χ1) is 12.1. The molecule has 25 heavy (non-hydrogen) atoms. The van der Waals surface area contributed by atoms with Crippen molar-refractivity contribution in [2.75, 3.05) is 5.32 Å². The van der Waals surface area contributed by atoms with Gasteiger partial charge in [-0.3, -0.25) is 14.3 Å². The minimum absolute atomic E-state index is 0.0384. The molecule has 0 saturated heterocycles. The van der Waals surface area contributed by atoms with E-state index in [1.54, 1.807) is 28.4 Å². The Morgan fingerprint density at radius 3 is 3.00 bits per heavy atom. The molecule has 132 valence electrons. The Hall–Kier alpha value is -2.15. The molecule has 2 N–H and O–H groups in total. The number of carbonyl (C=O) groups excluding carboxylic acids is 2. The summed E-state index contributed by atoms with van der Waals surface area (Å²) >= 11 is 1.59. The van der Waals surface area contributed by atoms with Crippen LogP contribution in [0.15, 0.2) is 18.5 Å². The van der Waals surface area contributed by atoms with E-state index >= 15 is 0 Å². The Balaban J connectivity index is 1.37. The van der Waals surface area contributed by atoms with Crippen LogP contribution in [0.5, 0.6) is 0 Å². The predicted molar refractivity (Wildman–Crippen MR) is 96.9 cm³/mol. The number of carbonyl (C=O) groups is 2. The summed E-state index contributed by atoms with van der Waals surface area (Å²) in [7, 11) is 0. The second kappa shape index (κ2) is 6.63. The largest absolute Gasteiger partial charge is 0.352 e. The van der Waals surface area contributed by atoms with Gasteiger partial charge >= 0.3 is 0 Å².